The van der Waals surface area contributed by atoms with E-state index in [9.17, 15) is 4.79 Å². The molecule has 0 saturated heterocycles. The predicted octanol–water partition coefficient (Wildman–Crippen LogP) is 5.74. The number of ether oxygens (including phenoxy) is 1. The monoisotopic (exact) mass is 382 g/mol. The Kier molecular flexibility index (Phi) is 6.03. The fourth-order valence-corrected chi connectivity index (χ4v) is 3.52. The molecule has 1 N–H and O–H groups in total. The molecule has 2 aromatic rings. The first-order valence-corrected chi connectivity index (χ1v) is 9.58. The van der Waals surface area contributed by atoms with E-state index in [4.69, 9.17) is 22.9 Å². The Balaban J connectivity index is 1.54. The Hall–Kier alpha value is -2.51. The number of hydrogen-bond donors (Lipinski definition) is 1. The van der Waals surface area contributed by atoms with E-state index in [1.54, 1.807) is 18.2 Å². The van der Waals surface area contributed by atoms with Crippen LogP contribution in [0.3, 0.4) is 0 Å². The molecule has 2 aromatic carbocycles. The first-order valence-electron chi connectivity index (χ1n) is 9.20. The van der Waals surface area contributed by atoms with Gasteiger partial charge in [-0.25, -0.2) is 4.85 Å². The van der Waals surface area contributed by atoms with Gasteiger partial charge in [0.15, 0.2) is 0 Å². The number of benzene rings is 2. The van der Waals surface area contributed by atoms with E-state index in [1.807, 2.05) is 24.3 Å². The molecule has 27 heavy (non-hydrogen) atoms. The molecule has 1 aliphatic rings. The standard InChI is InChI=1S/C22H23ClN2O2/c1-14(2)15-4-6-16(7-5-15)22(26)25-17-8-9-18(12-17)27-19-10-11-21(24-3)20(23)13-19/h4-7,10-11,13-14,17-18H,8-9,12H2,1-2H3,(H,25,26)/t17-,18-/m0/s1. The van der Waals surface area contributed by atoms with Crippen LogP contribution < -0.4 is 10.1 Å². The van der Waals surface area contributed by atoms with Crippen molar-refractivity contribution in [3.05, 3.63) is 70.0 Å². The van der Waals surface area contributed by atoms with Crippen LogP contribution in [0.1, 0.15) is 54.9 Å². The van der Waals surface area contributed by atoms with Crippen molar-refractivity contribution >= 4 is 23.2 Å². The Labute approximate surface area is 165 Å². The summed E-state index contributed by atoms with van der Waals surface area (Å²) in [5.41, 5.74) is 2.33. The van der Waals surface area contributed by atoms with Gasteiger partial charge >= 0.3 is 0 Å². The van der Waals surface area contributed by atoms with Crippen LogP contribution in [0.4, 0.5) is 5.69 Å². The normalized spacial score (nSPS) is 18.9. The molecule has 4 nitrogen and oxygen atoms in total. The van der Waals surface area contributed by atoms with Crippen molar-refractivity contribution in [2.24, 2.45) is 0 Å². The van der Waals surface area contributed by atoms with Gasteiger partial charge in [-0.1, -0.05) is 43.6 Å². The zero-order chi connectivity index (χ0) is 19.4. The Morgan fingerprint density at radius 1 is 1.22 bits per heavy atom. The summed E-state index contributed by atoms with van der Waals surface area (Å²) in [7, 11) is 0. The van der Waals surface area contributed by atoms with Gasteiger partial charge in [-0.15, -0.1) is 0 Å². The van der Waals surface area contributed by atoms with E-state index in [-0.39, 0.29) is 18.1 Å². The lowest BCUT2D eigenvalue weighted by molar-refractivity contribution is 0.0935. The first kappa shape index (κ1) is 19.3. The Morgan fingerprint density at radius 2 is 1.96 bits per heavy atom. The molecular formula is C22H23ClN2O2. The van der Waals surface area contributed by atoms with Crippen LogP contribution in [-0.4, -0.2) is 18.1 Å². The molecule has 0 aromatic heterocycles. The van der Waals surface area contributed by atoms with Crippen LogP contribution in [0.5, 0.6) is 5.75 Å². The molecule has 0 unspecified atom stereocenters. The highest BCUT2D eigenvalue weighted by atomic mass is 35.5. The lowest BCUT2D eigenvalue weighted by Gasteiger charge is -2.16. The minimum absolute atomic E-state index is 0.0356. The van der Waals surface area contributed by atoms with Gasteiger partial charge in [-0.2, -0.15) is 0 Å². The molecular weight excluding hydrogens is 360 g/mol. The van der Waals surface area contributed by atoms with Gasteiger partial charge in [-0.05, 0) is 48.6 Å². The number of amides is 1. The largest absolute Gasteiger partial charge is 0.490 e. The topological polar surface area (TPSA) is 42.7 Å². The maximum absolute atomic E-state index is 12.5. The molecule has 0 bridgehead atoms. The van der Waals surface area contributed by atoms with E-state index in [2.05, 4.69) is 24.0 Å². The number of halogens is 1. The van der Waals surface area contributed by atoms with Crippen molar-refractivity contribution in [3.8, 4) is 5.75 Å². The molecule has 0 spiro atoms. The van der Waals surface area contributed by atoms with Crippen LogP contribution in [0.25, 0.3) is 4.85 Å². The van der Waals surface area contributed by atoms with Gasteiger partial charge in [0.05, 0.1) is 11.6 Å². The number of nitrogens with zero attached hydrogens (tertiary/aromatic N) is 1. The summed E-state index contributed by atoms with van der Waals surface area (Å²) < 4.78 is 5.98. The molecule has 0 aliphatic heterocycles. The zero-order valence-electron chi connectivity index (χ0n) is 15.5. The number of rotatable bonds is 5. The summed E-state index contributed by atoms with van der Waals surface area (Å²) in [6, 6.07) is 13.0. The second-order valence-corrected chi connectivity index (χ2v) is 7.63. The summed E-state index contributed by atoms with van der Waals surface area (Å²) >= 11 is 6.06. The van der Waals surface area contributed by atoms with E-state index in [1.165, 1.54) is 5.56 Å². The first-order chi connectivity index (χ1) is 13.0. The lowest BCUT2D eigenvalue weighted by Crippen LogP contribution is -2.33. The van der Waals surface area contributed by atoms with Crippen molar-refractivity contribution < 1.29 is 9.53 Å². The highest BCUT2D eigenvalue weighted by Gasteiger charge is 2.27. The predicted molar refractivity (Wildman–Crippen MR) is 108 cm³/mol. The van der Waals surface area contributed by atoms with Crippen LogP contribution in [-0.2, 0) is 0 Å². The van der Waals surface area contributed by atoms with Crippen LogP contribution >= 0.6 is 11.6 Å². The van der Waals surface area contributed by atoms with Crippen molar-refractivity contribution in [2.45, 2.75) is 51.2 Å². The minimum Gasteiger partial charge on any atom is -0.490 e. The van der Waals surface area contributed by atoms with Gasteiger partial charge in [0, 0.05) is 18.0 Å². The van der Waals surface area contributed by atoms with E-state index in [0.29, 0.717) is 27.9 Å². The second kappa shape index (κ2) is 8.45. The molecule has 2 atom stereocenters. The Bertz CT molecular complexity index is 856. The molecule has 1 aliphatic carbocycles. The quantitative estimate of drug-likeness (QED) is 0.669. The van der Waals surface area contributed by atoms with Gasteiger partial charge in [0.25, 0.3) is 5.91 Å². The summed E-state index contributed by atoms with van der Waals surface area (Å²) in [5.74, 6) is 1.07. The maximum Gasteiger partial charge on any atom is 0.251 e. The van der Waals surface area contributed by atoms with Crippen molar-refractivity contribution in [2.75, 3.05) is 0 Å². The van der Waals surface area contributed by atoms with Gasteiger partial charge in [0.2, 0.25) is 5.69 Å². The molecule has 1 saturated carbocycles. The fourth-order valence-electron chi connectivity index (χ4n) is 3.31. The summed E-state index contributed by atoms with van der Waals surface area (Å²) in [6.45, 7) is 11.3. The molecule has 1 amide bonds. The third kappa shape index (κ3) is 4.81. The van der Waals surface area contributed by atoms with Crippen molar-refractivity contribution in [1.82, 2.24) is 5.32 Å². The molecule has 140 valence electrons. The number of hydrogen-bond acceptors (Lipinski definition) is 2. The summed E-state index contributed by atoms with van der Waals surface area (Å²) in [4.78, 5) is 15.8. The SMILES string of the molecule is [C-]#[N+]c1ccc(O[C@H]2CC[C@H](NC(=O)c3ccc(C(C)C)cc3)C2)cc1Cl. The highest BCUT2D eigenvalue weighted by Crippen LogP contribution is 2.31. The molecule has 3 rings (SSSR count). The Morgan fingerprint density at radius 3 is 2.59 bits per heavy atom. The molecule has 0 radical (unpaired) electrons. The summed E-state index contributed by atoms with van der Waals surface area (Å²) in [5, 5.41) is 3.50. The van der Waals surface area contributed by atoms with E-state index in [0.717, 1.165) is 19.3 Å². The highest BCUT2D eigenvalue weighted by molar-refractivity contribution is 6.33. The third-order valence-electron chi connectivity index (χ3n) is 4.90. The van der Waals surface area contributed by atoms with Gasteiger partial charge < -0.3 is 10.1 Å². The lowest BCUT2D eigenvalue weighted by atomic mass is 10.0. The van der Waals surface area contributed by atoms with Crippen LogP contribution in [0.2, 0.25) is 5.02 Å². The van der Waals surface area contributed by atoms with Crippen LogP contribution in [0.15, 0.2) is 42.5 Å². The second-order valence-electron chi connectivity index (χ2n) is 7.23. The van der Waals surface area contributed by atoms with Crippen molar-refractivity contribution in [3.63, 3.8) is 0 Å². The average molecular weight is 383 g/mol. The molecule has 5 heteroatoms. The van der Waals surface area contributed by atoms with Crippen LogP contribution in [0, 0.1) is 6.57 Å². The maximum atomic E-state index is 12.5. The smallest absolute Gasteiger partial charge is 0.251 e. The minimum atomic E-state index is -0.0413. The number of nitrogens with one attached hydrogen (secondary N) is 1. The van der Waals surface area contributed by atoms with E-state index < -0.39 is 0 Å². The third-order valence-corrected chi connectivity index (χ3v) is 5.20. The number of carbonyl (C=O) groups is 1. The van der Waals surface area contributed by atoms with E-state index >= 15 is 0 Å². The molecule has 1 fully saturated rings. The van der Waals surface area contributed by atoms with Crippen molar-refractivity contribution in [1.29, 1.82) is 0 Å². The molecule has 0 heterocycles. The zero-order valence-corrected chi connectivity index (χ0v) is 16.3. The van der Waals surface area contributed by atoms with Gasteiger partial charge in [-0.3, -0.25) is 4.79 Å². The van der Waals surface area contributed by atoms with Gasteiger partial charge in [0.1, 0.15) is 11.9 Å². The summed E-state index contributed by atoms with van der Waals surface area (Å²) in [6.07, 6.45) is 2.56. The average Bonchev–Trinajstić information content (AvgIpc) is 3.08. The fraction of sp³-hybridized carbons (Fsp3) is 0.364. The number of carbonyl (C=O) groups excluding carboxylic acids is 1.